The molecule has 2 amide bonds. The number of amides is 2. The lowest BCUT2D eigenvalue weighted by Crippen LogP contribution is -2.34. The Morgan fingerprint density at radius 2 is 2.12 bits per heavy atom. The van der Waals surface area contributed by atoms with Gasteiger partial charge in [-0.05, 0) is 43.7 Å². The second-order valence-electron chi connectivity index (χ2n) is 6.21. The van der Waals surface area contributed by atoms with E-state index in [1.807, 2.05) is 0 Å². The third-order valence-electron chi connectivity index (χ3n) is 4.06. The molecule has 1 aliphatic rings. The number of carbonyl (C=O) groups excluding carboxylic acids is 2. The first-order chi connectivity index (χ1) is 12.5. The molecule has 0 atom stereocenters. The highest BCUT2D eigenvalue weighted by Gasteiger charge is 2.13. The predicted molar refractivity (Wildman–Crippen MR) is 99.1 cm³/mol. The van der Waals surface area contributed by atoms with Crippen molar-refractivity contribution in [3.63, 3.8) is 0 Å². The van der Waals surface area contributed by atoms with Gasteiger partial charge >= 0.3 is 0 Å². The van der Waals surface area contributed by atoms with E-state index in [0.717, 1.165) is 19.3 Å². The van der Waals surface area contributed by atoms with Gasteiger partial charge in [0.1, 0.15) is 5.70 Å². The van der Waals surface area contributed by atoms with Crippen LogP contribution in [0, 0.1) is 10.1 Å². The normalized spacial score (nSPS) is 14.3. The highest BCUT2D eigenvalue weighted by molar-refractivity contribution is 6.00. The van der Waals surface area contributed by atoms with Crippen LogP contribution >= 0.6 is 0 Å². The second-order valence-corrected chi connectivity index (χ2v) is 6.21. The molecule has 7 nitrogen and oxygen atoms in total. The molecule has 0 unspecified atom stereocenters. The highest BCUT2D eigenvalue weighted by Crippen LogP contribution is 2.19. The number of nitrogens with zero attached hydrogens (tertiary/aromatic N) is 1. The van der Waals surface area contributed by atoms with Crippen molar-refractivity contribution in [3.05, 3.63) is 57.3 Å². The monoisotopic (exact) mass is 357 g/mol. The molecule has 1 aromatic rings. The summed E-state index contributed by atoms with van der Waals surface area (Å²) in [5.41, 5.74) is 1.80. The molecule has 2 N–H and O–H groups in total. The zero-order chi connectivity index (χ0) is 18.9. The van der Waals surface area contributed by atoms with E-state index in [1.54, 1.807) is 6.07 Å². The van der Waals surface area contributed by atoms with Crippen LogP contribution in [0.15, 0.2) is 41.6 Å². The molecule has 0 fully saturated rings. The van der Waals surface area contributed by atoms with E-state index in [-0.39, 0.29) is 17.3 Å². The van der Waals surface area contributed by atoms with Crippen LogP contribution in [-0.2, 0) is 9.59 Å². The van der Waals surface area contributed by atoms with Crippen LogP contribution < -0.4 is 10.6 Å². The number of allylic oxidation sites excluding steroid dienone is 1. The fraction of sp³-hybridized carbons (Fsp3) is 0.368. The van der Waals surface area contributed by atoms with E-state index in [1.165, 1.54) is 49.6 Å². The zero-order valence-corrected chi connectivity index (χ0v) is 14.8. The minimum Gasteiger partial charge on any atom is -0.350 e. The van der Waals surface area contributed by atoms with Crippen molar-refractivity contribution < 1.29 is 14.5 Å². The maximum absolute atomic E-state index is 12.4. The Hall–Kier alpha value is -2.96. The summed E-state index contributed by atoms with van der Waals surface area (Å²) in [6.07, 6.45) is 9.01. The van der Waals surface area contributed by atoms with Crippen molar-refractivity contribution in [2.24, 2.45) is 0 Å². The van der Waals surface area contributed by atoms with Gasteiger partial charge < -0.3 is 10.6 Å². The topological polar surface area (TPSA) is 101 Å². The van der Waals surface area contributed by atoms with Crippen molar-refractivity contribution in [3.8, 4) is 0 Å². The predicted octanol–water partition coefficient (Wildman–Crippen LogP) is 3.08. The van der Waals surface area contributed by atoms with Gasteiger partial charge in [-0.2, -0.15) is 0 Å². The maximum atomic E-state index is 12.4. The number of rotatable bonds is 7. The third kappa shape index (κ3) is 6.16. The van der Waals surface area contributed by atoms with Crippen molar-refractivity contribution in [1.82, 2.24) is 10.6 Å². The minimum absolute atomic E-state index is 0.0654. The number of nitro groups is 1. The van der Waals surface area contributed by atoms with E-state index in [0.29, 0.717) is 12.1 Å². The van der Waals surface area contributed by atoms with E-state index in [2.05, 4.69) is 16.7 Å². The minimum atomic E-state index is -0.507. The summed E-state index contributed by atoms with van der Waals surface area (Å²) >= 11 is 0. The fourth-order valence-electron chi connectivity index (χ4n) is 2.81. The first kappa shape index (κ1) is 19.4. The van der Waals surface area contributed by atoms with Crippen molar-refractivity contribution in [1.29, 1.82) is 0 Å². The Bertz CT molecular complexity index is 753. The number of benzene rings is 1. The zero-order valence-electron chi connectivity index (χ0n) is 14.8. The largest absolute Gasteiger partial charge is 0.350 e. The lowest BCUT2D eigenvalue weighted by Gasteiger charge is -2.14. The summed E-state index contributed by atoms with van der Waals surface area (Å²) in [6, 6.07) is 5.88. The van der Waals surface area contributed by atoms with E-state index in [4.69, 9.17) is 0 Å². The van der Waals surface area contributed by atoms with Crippen molar-refractivity contribution in [2.45, 2.75) is 39.0 Å². The third-order valence-corrected chi connectivity index (χ3v) is 4.06. The molecule has 0 aromatic heterocycles. The van der Waals surface area contributed by atoms with Gasteiger partial charge in [0.15, 0.2) is 0 Å². The molecule has 0 saturated carbocycles. The number of nitro benzene ring substituents is 1. The average molecular weight is 357 g/mol. The second kappa shape index (κ2) is 9.50. The van der Waals surface area contributed by atoms with Crippen LogP contribution in [0.1, 0.15) is 44.6 Å². The van der Waals surface area contributed by atoms with Gasteiger partial charge in [0, 0.05) is 25.6 Å². The van der Waals surface area contributed by atoms with Crippen LogP contribution in [0.5, 0.6) is 0 Å². The molecule has 0 radical (unpaired) electrons. The van der Waals surface area contributed by atoms with Crippen LogP contribution in [0.25, 0.3) is 6.08 Å². The lowest BCUT2D eigenvalue weighted by molar-refractivity contribution is -0.384. The first-order valence-electron chi connectivity index (χ1n) is 8.65. The van der Waals surface area contributed by atoms with Crippen molar-refractivity contribution in [2.75, 3.05) is 6.54 Å². The van der Waals surface area contributed by atoms with Gasteiger partial charge in [0.2, 0.25) is 5.91 Å². The SMILES string of the molecule is CC(=O)N/C(=C/c1cccc([N+](=O)[O-])c1)C(=O)NCCC1=CCCCC1. The Kier molecular flexibility index (Phi) is 7.08. The quantitative estimate of drug-likeness (QED) is 0.339. The first-order valence-corrected chi connectivity index (χ1v) is 8.65. The van der Waals surface area contributed by atoms with Crippen LogP contribution in [0.4, 0.5) is 5.69 Å². The molecule has 26 heavy (non-hydrogen) atoms. The number of hydrogen-bond acceptors (Lipinski definition) is 4. The number of nitrogens with one attached hydrogen (secondary N) is 2. The smallest absolute Gasteiger partial charge is 0.270 e. The Balaban J connectivity index is 2.06. The van der Waals surface area contributed by atoms with Crippen LogP contribution in [-0.4, -0.2) is 23.3 Å². The molecule has 138 valence electrons. The molecular weight excluding hydrogens is 334 g/mol. The lowest BCUT2D eigenvalue weighted by atomic mass is 9.97. The summed E-state index contributed by atoms with van der Waals surface area (Å²) in [5, 5.41) is 16.2. The van der Waals surface area contributed by atoms with E-state index < -0.39 is 10.8 Å². The summed E-state index contributed by atoms with van der Waals surface area (Å²) in [5.74, 6) is -0.796. The van der Waals surface area contributed by atoms with E-state index >= 15 is 0 Å². The molecule has 0 aliphatic heterocycles. The number of non-ortho nitro benzene ring substituents is 1. The van der Waals surface area contributed by atoms with Gasteiger partial charge in [-0.15, -0.1) is 0 Å². The molecule has 0 heterocycles. The fourth-order valence-corrected chi connectivity index (χ4v) is 2.81. The Morgan fingerprint density at radius 1 is 1.31 bits per heavy atom. The highest BCUT2D eigenvalue weighted by atomic mass is 16.6. The maximum Gasteiger partial charge on any atom is 0.270 e. The number of carbonyl (C=O) groups is 2. The molecule has 2 rings (SSSR count). The van der Waals surface area contributed by atoms with Crippen LogP contribution in [0.2, 0.25) is 0 Å². The molecular formula is C19H23N3O4. The van der Waals surface area contributed by atoms with Crippen molar-refractivity contribution >= 4 is 23.6 Å². The summed E-state index contributed by atoms with van der Waals surface area (Å²) < 4.78 is 0. The summed E-state index contributed by atoms with van der Waals surface area (Å²) in [7, 11) is 0. The Morgan fingerprint density at radius 3 is 2.77 bits per heavy atom. The van der Waals surface area contributed by atoms with Gasteiger partial charge in [-0.1, -0.05) is 23.8 Å². The van der Waals surface area contributed by atoms with Crippen LogP contribution in [0.3, 0.4) is 0 Å². The molecule has 1 aliphatic carbocycles. The van der Waals surface area contributed by atoms with Gasteiger partial charge in [-0.3, -0.25) is 19.7 Å². The standard InChI is InChI=1S/C19H23N3O4/c1-14(23)21-18(13-16-8-5-9-17(12-16)22(25)26)19(24)20-11-10-15-6-3-2-4-7-15/h5-6,8-9,12-13H,2-4,7,10-11H2,1H3,(H,20,24)(H,21,23)/b18-13+. The summed E-state index contributed by atoms with van der Waals surface area (Å²) in [6.45, 7) is 1.79. The molecule has 7 heteroatoms. The van der Waals surface area contributed by atoms with Gasteiger partial charge in [-0.25, -0.2) is 0 Å². The molecule has 0 spiro atoms. The average Bonchev–Trinajstić information content (AvgIpc) is 2.62. The van der Waals surface area contributed by atoms with Gasteiger partial charge in [0.25, 0.3) is 11.6 Å². The molecule has 1 aromatic carbocycles. The van der Waals surface area contributed by atoms with E-state index in [9.17, 15) is 19.7 Å². The van der Waals surface area contributed by atoms with Gasteiger partial charge in [0.05, 0.1) is 4.92 Å². The summed E-state index contributed by atoms with van der Waals surface area (Å²) in [4.78, 5) is 34.2. The Labute approximate surface area is 152 Å². The molecule has 0 saturated heterocycles. The molecule has 0 bridgehead atoms. The number of hydrogen-bond donors (Lipinski definition) is 2.